The monoisotopic (exact) mass is 323 g/mol. The molecule has 0 spiro atoms. The minimum absolute atomic E-state index is 0.0916. The van der Waals surface area contributed by atoms with Crippen molar-refractivity contribution >= 4 is 23.2 Å². The first-order chi connectivity index (χ1) is 10.5. The lowest BCUT2D eigenvalue weighted by Gasteiger charge is -2.29. The molecule has 0 saturated carbocycles. The molecule has 0 aliphatic carbocycles. The summed E-state index contributed by atoms with van der Waals surface area (Å²) in [6, 6.07) is 6.00. The smallest absolute Gasteiger partial charge is 0.279 e. The third kappa shape index (κ3) is 4.83. The number of aryl methyl sites for hydroxylation is 1. The topological polar surface area (TPSA) is 38.0 Å². The Hall–Kier alpha value is -1.36. The van der Waals surface area contributed by atoms with Gasteiger partial charge in [0.15, 0.2) is 6.54 Å². The Labute approximate surface area is 137 Å². The Bertz CT molecular complexity index is 551. The number of hydrogen-bond donors (Lipinski definition) is 3. The van der Waals surface area contributed by atoms with Crippen molar-refractivity contribution in [2.45, 2.75) is 13.8 Å². The Morgan fingerprint density at radius 2 is 1.77 bits per heavy atom. The van der Waals surface area contributed by atoms with Crippen molar-refractivity contribution in [3.8, 4) is 0 Å². The summed E-state index contributed by atoms with van der Waals surface area (Å²) < 4.78 is 0. The maximum absolute atomic E-state index is 12.2. The Morgan fingerprint density at radius 3 is 2.36 bits per heavy atom. The van der Waals surface area contributed by atoms with Crippen LogP contribution in [0.4, 0.5) is 5.69 Å². The molecular formula is C17H26ClN3O+2. The molecular weight excluding hydrogens is 298 g/mol. The standard InChI is InChI=1S/C17H24ClN3O/c1-13-5-4-6-16(15(13)3)19-17(22)12-21-9-7-20(8-10-21)11-14(2)18/h4-6H,2,7-12H2,1,3H3,(H,19,22)/p+2. The molecule has 0 atom stereocenters. The fraction of sp³-hybridized carbons (Fsp3) is 0.471. The fourth-order valence-electron chi connectivity index (χ4n) is 2.89. The predicted molar refractivity (Wildman–Crippen MR) is 90.7 cm³/mol. The Morgan fingerprint density at radius 1 is 1.18 bits per heavy atom. The van der Waals surface area contributed by atoms with E-state index in [9.17, 15) is 4.79 Å². The Kier molecular flexibility index (Phi) is 6.00. The van der Waals surface area contributed by atoms with Gasteiger partial charge in [-0.15, -0.1) is 0 Å². The van der Waals surface area contributed by atoms with Crippen molar-refractivity contribution in [2.24, 2.45) is 0 Å². The van der Waals surface area contributed by atoms with Crippen LogP contribution in [0.2, 0.25) is 0 Å². The molecule has 0 radical (unpaired) electrons. The van der Waals surface area contributed by atoms with Crippen LogP contribution in [-0.4, -0.2) is 45.2 Å². The molecule has 3 N–H and O–H groups in total. The number of quaternary nitrogens is 2. The van der Waals surface area contributed by atoms with E-state index in [2.05, 4.69) is 24.9 Å². The number of benzene rings is 1. The molecule has 0 bridgehead atoms. The minimum atomic E-state index is 0.0916. The van der Waals surface area contributed by atoms with Crippen molar-refractivity contribution in [1.29, 1.82) is 0 Å². The third-order valence-corrected chi connectivity index (χ3v) is 4.53. The molecule has 0 unspecified atom stereocenters. The van der Waals surface area contributed by atoms with Crippen LogP contribution >= 0.6 is 11.6 Å². The lowest BCUT2D eigenvalue weighted by Crippen LogP contribution is -3.28. The van der Waals surface area contributed by atoms with Crippen molar-refractivity contribution < 1.29 is 14.6 Å². The van der Waals surface area contributed by atoms with Gasteiger partial charge in [0.05, 0.1) is 5.03 Å². The van der Waals surface area contributed by atoms with Crippen molar-refractivity contribution in [3.63, 3.8) is 0 Å². The summed E-state index contributed by atoms with van der Waals surface area (Å²) in [6.07, 6.45) is 0. The second-order valence-electron chi connectivity index (χ2n) is 6.17. The number of piperazine rings is 1. The third-order valence-electron chi connectivity index (χ3n) is 4.40. The van der Waals surface area contributed by atoms with E-state index < -0.39 is 0 Å². The molecule has 0 aromatic heterocycles. The van der Waals surface area contributed by atoms with Gasteiger partial charge in [0.2, 0.25) is 0 Å². The number of rotatable bonds is 5. The zero-order valence-electron chi connectivity index (χ0n) is 13.5. The molecule has 120 valence electrons. The number of carbonyl (C=O) groups is 1. The van der Waals surface area contributed by atoms with Crippen LogP contribution in [0.15, 0.2) is 29.8 Å². The van der Waals surface area contributed by atoms with Crippen LogP contribution in [0.1, 0.15) is 11.1 Å². The van der Waals surface area contributed by atoms with E-state index in [1.165, 1.54) is 15.4 Å². The zero-order chi connectivity index (χ0) is 16.1. The molecule has 4 nitrogen and oxygen atoms in total. The van der Waals surface area contributed by atoms with Gasteiger partial charge in [0, 0.05) is 5.69 Å². The molecule has 5 heteroatoms. The van der Waals surface area contributed by atoms with Gasteiger partial charge in [-0.1, -0.05) is 30.3 Å². The van der Waals surface area contributed by atoms with E-state index in [0.717, 1.165) is 44.0 Å². The summed E-state index contributed by atoms with van der Waals surface area (Å²) in [7, 11) is 0. The number of hydrogen-bond acceptors (Lipinski definition) is 1. The molecule has 22 heavy (non-hydrogen) atoms. The molecule has 1 aromatic rings. The highest BCUT2D eigenvalue weighted by atomic mass is 35.5. The van der Waals surface area contributed by atoms with Crippen LogP contribution in [0, 0.1) is 13.8 Å². The van der Waals surface area contributed by atoms with Crippen LogP contribution in [-0.2, 0) is 4.79 Å². The molecule has 1 saturated heterocycles. The largest absolute Gasteiger partial charge is 0.321 e. The summed E-state index contributed by atoms with van der Waals surface area (Å²) in [4.78, 5) is 15.0. The van der Waals surface area contributed by atoms with E-state index in [1.54, 1.807) is 0 Å². The van der Waals surface area contributed by atoms with Gasteiger partial charge < -0.3 is 15.1 Å². The van der Waals surface area contributed by atoms with Crippen LogP contribution in [0.5, 0.6) is 0 Å². The van der Waals surface area contributed by atoms with E-state index in [1.807, 2.05) is 19.1 Å². The van der Waals surface area contributed by atoms with Crippen molar-refractivity contribution in [3.05, 3.63) is 40.9 Å². The predicted octanol–water partition coefficient (Wildman–Crippen LogP) is -0.222. The summed E-state index contributed by atoms with van der Waals surface area (Å²) in [6.45, 7) is 13.3. The summed E-state index contributed by atoms with van der Waals surface area (Å²) in [5, 5.41) is 3.75. The summed E-state index contributed by atoms with van der Waals surface area (Å²) >= 11 is 5.86. The van der Waals surface area contributed by atoms with Crippen LogP contribution < -0.4 is 15.1 Å². The van der Waals surface area contributed by atoms with Gasteiger partial charge in [0.1, 0.15) is 32.7 Å². The average Bonchev–Trinajstić information content (AvgIpc) is 2.45. The first-order valence-corrected chi connectivity index (χ1v) is 8.20. The second-order valence-corrected chi connectivity index (χ2v) is 6.70. The first-order valence-electron chi connectivity index (χ1n) is 7.82. The van der Waals surface area contributed by atoms with Crippen molar-refractivity contribution in [1.82, 2.24) is 0 Å². The van der Waals surface area contributed by atoms with Gasteiger partial charge in [-0.2, -0.15) is 0 Å². The number of amides is 1. The fourth-order valence-corrected chi connectivity index (χ4v) is 3.08. The average molecular weight is 324 g/mol. The molecule has 1 heterocycles. The SMILES string of the molecule is C=C(Cl)C[NH+]1CC[NH+](CC(=O)Nc2cccc(C)c2C)CC1. The minimum Gasteiger partial charge on any atom is -0.321 e. The maximum Gasteiger partial charge on any atom is 0.279 e. The molecule has 2 rings (SSSR count). The van der Waals surface area contributed by atoms with Gasteiger partial charge in [-0.3, -0.25) is 4.79 Å². The number of nitrogens with one attached hydrogen (secondary N) is 3. The number of carbonyl (C=O) groups excluding carboxylic acids is 1. The summed E-state index contributed by atoms with van der Waals surface area (Å²) in [5.41, 5.74) is 3.26. The lowest BCUT2D eigenvalue weighted by atomic mass is 10.1. The second kappa shape index (κ2) is 7.77. The van der Waals surface area contributed by atoms with E-state index >= 15 is 0 Å². The number of halogens is 1. The highest BCUT2D eigenvalue weighted by molar-refractivity contribution is 6.29. The van der Waals surface area contributed by atoms with Crippen molar-refractivity contribution in [2.75, 3.05) is 44.6 Å². The van der Waals surface area contributed by atoms with E-state index in [-0.39, 0.29) is 5.91 Å². The quantitative estimate of drug-likeness (QED) is 0.688. The highest BCUT2D eigenvalue weighted by Crippen LogP contribution is 2.17. The molecule has 1 amide bonds. The lowest BCUT2D eigenvalue weighted by molar-refractivity contribution is -1.01. The van der Waals surface area contributed by atoms with E-state index in [0.29, 0.717) is 11.6 Å². The van der Waals surface area contributed by atoms with Crippen LogP contribution in [0.25, 0.3) is 0 Å². The van der Waals surface area contributed by atoms with Gasteiger partial charge in [-0.25, -0.2) is 0 Å². The highest BCUT2D eigenvalue weighted by Gasteiger charge is 2.24. The molecule has 1 fully saturated rings. The summed E-state index contributed by atoms with van der Waals surface area (Å²) in [5.74, 6) is 0.0916. The number of anilines is 1. The molecule has 1 aliphatic rings. The molecule has 1 aliphatic heterocycles. The van der Waals surface area contributed by atoms with E-state index in [4.69, 9.17) is 11.6 Å². The first kappa shape index (κ1) is 17.0. The molecule has 1 aromatic carbocycles. The van der Waals surface area contributed by atoms with Gasteiger partial charge in [-0.05, 0) is 31.0 Å². The van der Waals surface area contributed by atoms with Gasteiger partial charge in [0.25, 0.3) is 5.91 Å². The zero-order valence-corrected chi connectivity index (χ0v) is 14.2. The van der Waals surface area contributed by atoms with Gasteiger partial charge >= 0.3 is 0 Å². The Balaban J connectivity index is 1.81. The maximum atomic E-state index is 12.2. The van der Waals surface area contributed by atoms with Crippen LogP contribution in [0.3, 0.4) is 0 Å². The normalized spacial score (nSPS) is 21.4.